The number of nitrogens with two attached hydrogens (primary N) is 2. The molecule has 4 rings (SSSR count). The Morgan fingerprint density at radius 1 is 1.05 bits per heavy atom. The number of aromatic nitrogens is 3. The molecule has 14 heteroatoms. The standard InChI is InChI=1S/C23H32N6O3.C2H2F3NO.2C2H6/c1-22(2,3)10-17(30)28-11-13-18(23(13,4)5)19(28)21(32)25-15(20(24)31)12-29-16-9-7-6-8-14(16)26-27-29;3-2(4,5)1(6)7;2*1-2/h6-9,13,15,18-19H,10-12H2,1-5H3,(H2,24,31)(H,25,32);(H2,6,7);2*1-2H3/t13?,15-,18?,19-;;;/m0.../s1. The van der Waals surface area contributed by atoms with Gasteiger partial charge in [0.1, 0.15) is 17.6 Å². The van der Waals surface area contributed by atoms with Gasteiger partial charge in [-0.3, -0.25) is 19.2 Å². The molecular formula is C29H46F3N7O4. The molecule has 2 aliphatic rings. The van der Waals surface area contributed by atoms with Crippen LogP contribution in [0.2, 0.25) is 0 Å². The number of rotatable bonds is 6. The summed E-state index contributed by atoms with van der Waals surface area (Å²) < 4.78 is 33.7. The Hall–Kier alpha value is -3.71. The second kappa shape index (κ2) is 14.6. The molecule has 1 aliphatic carbocycles. The molecule has 5 N–H and O–H groups in total. The van der Waals surface area contributed by atoms with Crippen LogP contribution in [0.25, 0.3) is 11.0 Å². The molecule has 1 aromatic carbocycles. The van der Waals surface area contributed by atoms with Crippen LogP contribution in [0.1, 0.15) is 68.7 Å². The molecule has 0 radical (unpaired) electrons. The summed E-state index contributed by atoms with van der Waals surface area (Å²) >= 11 is 0. The molecule has 1 saturated heterocycles. The van der Waals surface area contributed by atoms with Gasteiger partial charge < -0.3 is 21.7 Å². The third kappa shape index (κ3) is 9.39. The lowest BCUT2D eigenvalue weighted by Gasteiger charge is -2.32. The highest BCUT2D eigenvalue weighted by atomic mass is 19.4. The summed E-state index contributed by atoms with van der Waals surface area (Å²) in [6.07, 6.45) is -4.50. The number of nitrogens with one attached hydrogen (secondary N) is 1. The van der Waals surface area contributed by atoms with E-state index in [2.05, 4.69) is 35.2 Å². The van der Waals surface area contributed by atoms with Crippen molar-refractivity contribution in [2.75, 3.05) is 6.54 Å². The number of likely N-dealkylation sites (tertiary alicyclic amines) is 1. The number of para-hydroxylation sites is 1. The Bertz CT molecular complexity index is 1270. The zero-order valence-corrected chi connectivity index (χ0v) is 26.5. The van der Waals surface area contributed by atoms with Gasteiger partial charge in [-0.15, -0.1) is 5.10 Å². The Morgan fingerprint density at radius 2 is 1.58 bits per heavy atom. The number of fused-ring (bicyclic) bond motifs is 2. The summed E-state index contributed by atoms with van der Waals surface area (Å²) in [4.78, 5) is 49.4. The molecule has 0 bridgehead atoms. The number of nitrogens with zero attached hydrogens (tertiary/aromatic N) is 4. The summed E-state index contributed by atoms with van der Waals surface area (Å²) in [5, 5.41) is 11.0. The van der Waals surface area contributed by atoms with Crippen molar-refractivity contribution in [2.45, 2.75) is 93.5 Å². The molecule has 1 saturated carbocycles. The largest absolute Gasteiger partial charge is 0.470 e. The zero-order chi connectivity index (χ0) is 33.5. The van der Waals surface area contributed by atoms with E-state index in [1.807, 2.05) is 72.7 Å². The van der Waals surface area contributed by atoms with Crippen molar-refractivity contribution in [3.05, 3.63) is 24.3 Å². The first-order valence-corrected chi connectivity index (χ1v) is 14.4. The van der Waals surface area contributed by atoms with Crippen LogP contribution in [0, 0.1) is 22.7 Å². The minimum atomic E-state index is -4.86. The summed E-state index contributed by atoms with van der Waals surface area (Å²) in [5.41, 5.74) is 10.7. The van der Waals surface area contributed by atoms with Crippen LogP contribution in [0.15, 0.2) is 24.3 Å². The van der Waals surface area contributed by atoms with Crippen LogP contribution in [0.4, 0.5) is 13.2 Å². The van der Waals surface area contributed by atoms with Crippen molar-refractivity contribution in [1.82, 2.24) is 25.2 Å². The normalized spacial score (nSPS) is 20.6. The van der Waals surface area contributed by atoms with Crippen molar-refractivity contribution in [1.29, 1.82) is 0 Å². The lowest BCUT2D eigenvalue weighted by Crippen LogP contribution is -2.55. The Balaban J connectivity index is 0.000000730. The molecule has 1 aliphatic heterocycles. The molecule has 2 heterocycles. The number of hydrogen-bond acceptors (Lipinski definition) is 6. The fourth-order valence-corrected chi connectivity index (χ4v) is 5.09. The summed E-state index contributed by atoms with van der Waals surface area (Å²) in [6, 6.07) is 5.81. The van der Waals surface area contributed by atoms with E-state index in [-0.39, 0.29) is 41.0 Å². The number of carbonyl (C=O) groups is 4. The van der Waals surface area contributed by atoms with Crippen LogP contribution in [-0.4, -0.2) is 68.3 Å². The summed E-state index contributed by atoms with van der Waals surface area (Å²) in [6.45, 7) is 18.9. The number of alkyl halides is 3. The Kier molecular flexibility index (Phi) is 12.7. The van der Waals surface area contributed by atoms with Gasteiger partial charge in [0.15, 0.2) is 0 Å². The molecule has 43 heavy (non-hydrogen) atoms. The number of piperidine rings is 1. The van der Waals surface area contributed by atoms with Crippen LogP contribution in [-0.2, 0) is 25.7 Å². The van der Waals surface area contributed by atoms with Gasteiger partial charge in [0, 0.05) is 13.0 Å². The molecule has 4 amide bonds. The highest BCUT2D eigenvalue weighted by Crippen LogP contribution is 2.65. The molecule has 2 aromatic rings. The molecule has 0 spiro atoms. The molecule has 11 nitrogen and oxygen atoms in total. The second-order valence-corrected chi connectivity index (χ2v) is 11.8. The Morgan fingerprint density at radius 3 is 2.07 bits per heavy atom. The highest BCUT2D eigenvalue weighted by molar-refractivity contribution is 5.93. The molecule has 4 atom stereocenters. The smallest absolute Gasteiger partial charge is 0.368 e. The van der Waals surface area contributed by atoms with Gasteiger partial charge in [-0.25, -0.2) is 4.68 Å². The predicted molar refractivity (Wildman–Crippen MR) is 157 cm³/mol. The number of amides is 4. The van der Waals surface area contributed by atoms with Crippen molar-refractivity contribution < 1.29 is 32.3 Å². The molecule has 1 aromatic heterocycles. The molecule has 2 unspecified atom stereocenters. The molecule has 2 fully saturated rings. The van der Waals surface area contributed by atoms with Gasteiger partial charge in [-0.05, 0) is 34.8 Å². The second-order valence-electron chi connectivity index (χ2n) is 11.8. The van der Waals surface area contributed by atoms with Crippen LogP contribution < -0.4 is 16.8 Å². The predicted octanol–water partition coefficient (Wildman–Crippen LogP) is 3.41. The van der Waals surface area contributed by atoms with Crippen molar-refractivity contribution in [2.24, 2.45) is 34.1 Å². The van der Waals surface area contributed by atoms with E-state index in [1.165, 1.54) is 0 Å². The van der Waals surface area contributed by atoms with E-state index in [9.17, 15) is 27.6 Å². The molecular weight excluding hydrogens is 567 g/mol. The van der Waals surface area contributed by atoms with E-state index >= 15 is 0 Å². The first-order chi connectivity index (χ1) is 19.8. The van der Waals surface area contributed by atoms with E-state index in [0.717, 1.165) is 5.52 Å². The third-order valence-electron chi connectivity index (χ3n) is 7.19. The van der Waals surface area contributed by atoms with Crippen molar-refractivity contribution >= 4 is 34.7 Å². The van der Waals surface area contributed by atoms with Gasteiger partial charge >= 0.3 is 12.1 Å². The van der Waals surface area contributed by atoms with Crippen molar-refractivity contribution in [3.8, 4) is 0 Å². The van der Waals surface area contributed by atoms with Gasteiger partial charge in [0.2, 0.25) is 17.7 Å². The monoisotopic (exact) mass is 613 g/mol. The average molecular weight is 614 g/mol. The first kappa shape index (κ1) is 37.3. The number of hydrogen-bond donors (Lipinski definition) is 3. The number of carbonyl (C=O) groups excluding carboxylic acids is 4. The van der Waals surface area contributed by atoms with E-state index in [4.69, 9.17) is 10.5 Å². The first-order valence-electron chi connectivity index (χ1n) is 14.4. The zero-order valence-electron chi connectivity index (χ0n) is 26.5. The van der Waals surface area contributed by atoms with Gasteiger partial charge in [0.05, 0.1) is 12.1 Å². The van der Waals surface area contributed by atoms with E-state index in [0.29, 0.717) is 18.5 Å². The summed E-state index contributed by atoms with van der Waals surface area (Å²) in [7, 11) is 0. The lowest BCUT2D eigenvalue weighted by molar-refractivity contribution is -0.169. The third-order valence-corrected chi connectivity index (χ3v) is 7.19. The van der Waals surface area contributed by atoms with Gasteiger partial charge in [-0.2, -0.15) is 13.2 Å². The fourth-order valence-electron chi connectivity index (χ4n) is 5.09. The Labute approximate surface area is 250 Å². The maximum absolute atomic E-state index is 13.4. The quantitative estimate of drug-likeness (QED) is 0.452. The minimum Gasteiger partial charge on any atom is -0.368 e. The average Bonchev–Trinajstić information content (AvgIpc) is 3.27. The van der Waals surface area contributed by atoms with E-state index < -0.39 is 30.1 Å². The topological polar surface area (TPSA) is 166 Å². The van der Waals surface area contributed by atoms with E-state index in [1.54, 1.807) is 9.58 Å². The van der Waals surface area contributed by atoms with Gasteiger partial charge in [-0.1, -0.05) is 79.7 Å². The number of primary amides is 2. The van der Waals surface area contributed by atoms with Crippen molar-refractivity contribution in [3.63, 3.8) is 0 Å². The van der Waals surface area contributed by atoms with Crippen LogP contribution >= 0.6 is 0 Å². The molecule has 242 valence electrons. The fraction of sp³-hybridized carbons (Fsp3) is 0.655. The number of halogens is 3. The SMILES string of the molecule is CC.CC.CC(C)(C)CC(=O)N1CC2C([C@H]1C(=O)N[C@@H](Cn1nnc3ccccc31)C(N)=O)C2(C)C.NC(=O)C(F)(F)F. The maximum atomic E-state index is 13.4. The highest BCUT2D eigenvalue weighted by Gasteiger charge is 2.69. The summed E-state index contributed by atoms with van der Waals surface area (Å²) in [5.74, 6) is -2.92. The lowest BCUT2D eigenvalue weighted by atomic mass is 9.90. The maximum Gasteiger partial charge on any atom is 0.470 e. The van der Waals surface area contributed by atoms with Crippen LogP contribution in [0.5, 0.6) is 0 Å². The van der Waals surface area contributed by atoms with Gasteiger partial charge in [0.25, 0.3) is 0 Å². The number of benzene rings is 1. The minimum absolute atomic E-state index is 0.00908. The van der Waals surface area contributed by atoms with Crippen LogP contribution in [0.3, 0.4) is 0 Å².